The number of aromatic amines is 1. The van der Waals surface area contributed by atoms with Crippen LogP contribution < -0.4 is 10.1 Å². The van der Waals surface area contributed by atoms with Gasteiger partial charge in [-0.05, 0) is 23.8 Å². The van der Waals surface area contributed by atoms with Crippen LogP contribution in [0.5, 0.6) is 5.88 Å². The van der Waals surface area contributed by atoms with Crippen LogP contribution in [0.15, 0.2) is 42.7 Å². The number of anilines is 1. The predicted molar refractivity (Wildman–Crippen MR) is 91.0 cm³/mol. The summed E-state index contributed by atoms with van der Waals surface area (Å²) in [5.74, 6) is -0.0207. The summed E-state index contributed by atoms with van der Waals surface area (Å²) in [5.41, 5.74) is 1.74. The van der Waals surface area contributed by atoms with Crippen molar-refractivity contribution in [1.29, 1.82) is 0 Å². The van der Waals surface area contributed by atoms with Crippen molar-refractivity contribution in [3.63, 3.8) is 0 Å². The molecule has 0 atom stereocenters. The number of ether oxygens (including phenoxy) is 1. The van der Waals surface area contributed by atoms with Crippen molar-refractivity contribution >= 4 is 22.5 Å². The summed E-state index contributed by atoms with van der Waals surface area (Å²) >= 11 is 0. The highest BCUT2D eigenvalue weighted by molar-refractivity contribution is 6.01. The summed E-state index contributed by atoms with van der Waals surface area (Å²) in [4.78, 5) is 18.0. The van der Waals surface area contributed by atoms with Gasteiger partial charge < -0.3 is 15.0 Å². The van der Waals surface area contributed by atoms with E-state index in [2.05, 4.69) is 15.3 Å². The van der Waals surface area contributed by atoms with Crippen molar-refractivity contribution in [2.75, 3.05) is 11.9 Å². The minimum atomic E-state index is -4.41. The molecule has 0 aliphatic rings. The molecule has 2 aromatic heterocycles. The van der Waals surface area contributed by atoms with Crippen LogP contribution in [0.1, 0.15) is 18.1 Å². The summed E-state index contributed by atoms with van der Waals surface area (Å²) in [6.45, 7) is 1.71. The van der Waals surface area contributed by atoms with Crippen LogP contribution in [0.2, 0.25) is 0 Å². The van der Waals surface area contributed by atoms with E-state index in [1.807, 2.05) is 18.2 Å². The monoisotopic (exact) mass is 363 g/mol. The number of hydrogen-bond acceptors (Lipinski definition) is 3. The van der Waals surface area contributed by atoms with Gasteiger partial charge in [0.25, 0.3) is 0 Å². The maximum absolute atomic E-state index is 12.5. The Morgan fingerprint density at radius 3 is 2.73 bits per heavy atom. The number of pyridine rings is 1. The van der Waals surface area contributed by atoms with Crippen LogP contribution in [0, 0.1) is 0 Å². The minimum Gasteiger partial charge on any atom is -0.477 e. The Morgan fingerprint density at radius 2 is 2.08 bits per heavy atom. The molecule has 0 saturated heterocycles. The SMILES string of the molecule is CC(=O)Nc1c[nH]c2ccc(CCOc3ccc(C(F)(F)F)cn3)cc12. The number of fused-ring (bicyclic) bond motifs is 1. The summed E-state index contributed by atoms with van der Waals surface area (Å²) in [6, 6.07) is 7.88. The number of H-pyrrole nitrogens is 1. The van der Waals surface area contributed by atoms with Gasteiger partial charge in [-0.3, -0.25) is 4.79 Å². The van der Waals surface area contributed by atoms with Gasteiger partial charge in [0.05, 0.1) is 17.9 Å². The average molecular weight is 363 g/mol. The number of rotatable bonds is 5. The van der Waals surface area contributed by atoms with Crippen LogP contribution in [-0.4, -0.2) is 22.5 Å². The lowest BCUT2D eigenvalue weighted by Gasteiger charge is -2.08. The smallest absolute Gasteiger partial charge is 0.417 e. The van der Waals surface area contributed by atoms with Crippen molar-refractivity contribution in [3.8, 4) is 5.88 Å². The molecule has 136 valence electrons. The van der Waals surface area contributed by atoms with Crippen LogP contribution in [0.4, 0.5) is 18.9 Å². The zero-order chi connectivity index (χ0) is 18.7. The largest absolute Gasteiger partial charge is 0.477 e. The second kappa shape index (κ2) is 7.07. The van der Waals surface area contributed by atoms with Gasteiger partial charge in [0.1, 0.15) is 0 Å². The van der Waals surface area contributed by atoms with Crippen molar-refractivity contribution in [2.24, 2.45) is 0 Å². The molecule has 3 rings (SSSR count). The first-order chi connectivity index (χ1) is 12.3. The van der Waals surface area contributed by atoms with Crippen molar-refractivity contribution in [2.45, 2.75) is 19.5 Å². The number of benzene rings is 1. The van der Waals surface area contributed by atoms with Gasteiger partial charge in [0.2, 0.25) is 11.8 Å². The van der Waals surface area contributed by atoms with E-state index in [0.29, 0.717) is 12.1 Å². The number of nitrogens with zero attached hydrogens (tertiary/aromatic N) is 1. The Bertz CT molecular complexity index is 918. The zero-order valence-electron chi connectivity index (χ0n) is 13.9. The van der Waals surface area contributed by atoms with Gasteiger partial charge in [-0.1, -0.05) is 6.07 Å². The lowest BCUT2D eigenvalue weighted by molar-refractivity contribution is -0.137. The molecule has 0 radical (unpaired) electrons. The molecule has 2 N–H and O–H groups in total. The van der Waals surface area contributed by atoms with E-state index >= 15 is 0 Å². The molecule has 0 spiro atoms. The van der Waals surface area contributed by atoms with E-state index in [-0.39, 0.29) is 18.4 Å². The molecule has 5 nitrogen and oxygen atoms in total. The first kappa shape index (κ1) is 17.8. The topological polar surface area (TPSA) is 67.0 Å². The van der Waals surface area contributed by atoms with E-state index in [1.54, 1.807) is 6.20 Å². The summed E-state index contributed by atoms with van der Waals surface area (Å²) < 4.78 is 42.9. The normalized spacial score (nSPS) is 11.5. The minimum absolute atomic E-state index is 0.139. The molecule has 26 heavy (non-hydrogen) atoms. The van der Waals surface area contributed by atoms with Crippen LogP contribution >= 0.6 is 0 Å². The number of amides is 1. The number of alkyl halides is 3. The van der Waals surface area contributed by atoms with Gasteiger partial charge in [-0.15, -0.1) is 0 Å². The van der Waals surface area contributed by atoms with Gasteiger partial charge in [-0.25, -0.2) is 4.98 Å². The lowest BCUT2D eigenvalue weighted by atomic mass is 10.1. The third kappa shape index (κ3) is 4.14. The fraction of sp³-hybridized carbons (Fsp3) is 0.222. The third-order valence-corrected chi connectivity index (χ3v) is 3.76. The predicted octanol–water partition coefficient (Wildman–Crippen LogP) is 4.16. The Labute approximate surface area is 147 Å². The Morgan fingerprint density at radius 1 is 1.27 bits per heavy atom. The van der Waals surface area contributed by atoms with Crippen LogP contribution in [0.3, 0.4) is 0 Å². The number of halogens is 3. The molecule has 1 aromatic carbocycles. The highest BCUT2D eigenvalue weighted by atomic mass is 19.4. The Kier molecular flexibility index (Phi) is 4.83. The molecule has 3 aromatic rings. The van der Waals surface area contributed by atoms with E-state index in [1.165, 1.54) is 13.0 Å². The average Bonchev–Trinajstić information content (AvgIpc) is 2.96. The van der Waals surface area contributed by atoms with Gasteiger partial charge in [0, 0.05) is 42.7 Å². The van der Waals surface area contributed by atoms with Crippen LogP contribution in [-0.2, 0) is 17.4 Å². The molecular formula is C18H16F3N3O2. The van der Waals surface area contributed by atoms with Gasteiger partial charge >= 0.3 is 6.18 Å². The number of carbonyl (C=O) groups excluding carboxylic acids is 1. The summed E-state index contributed by atoms with van der Waals surface area (Å²) in [5, 5.41) is 3.63. The van der Waals surface area contributed by atoms with Gasteiger partial charge in [0.15, 0.2) is 0 Å². The second-order valence-electron chi connectivity index (χ2n) is 5.74. The highest BCUT2D eigenvalue weighted by Gasteiger charge is 2.30. The standard InChI is InChI=1S/C18H16F3N3O2/c1-11(25)24-16-10-22-15-4-2-12(8-14(15)16)6-7-26-17-5-3-13(9-23-17)18(19,20)21/h2-5,8-10,22H,6-7H2,1H3,(H,24,25). The molecule has 0 unspecified atom stereocenters. The van der Waals surface area contributed by atoms with Crippen molar-refractivity contribution in [1.82, 2.24) is 9.97 Å². The lowest BCUT2D eigenvalue weighted by Crippen LogP contribution is -2.07. The third-order valence-electron chi connectivity index (χ3n) is 3.76. The Hall–Kier alpha value is -3.03. The molecule has 8 heteroatoms. The first-order valence-corrected chi connectivity index (χ1v) is 7.86. The van der Waals surface area contributed by atoms with E-state index in [4.69, 9.17) is 4.74 Å². The molecule has 0 bridgehead atoms. The quantitative estimate of drug-likeness (QED) is 0.715. The fourth-order valence-corrected chi connectivity index (χ4v) is 2.52. The zero-order valence-corrected chi connectivity index (χ0v) is 13.9. The maximum atomic E-state index is 12.5. The molecule has 1 amide bonds. The molecule has 2 heterocycles. The van der Waals surface area contributed by atoms with Crippen molar-refractivity contribution < 1.29 is 22.7 Å². The highest BCUT2D eigenvalue weighted by Crippen LogP contribution is 2.29. The van der Waals surface area contributed by atoms with Crippen LogP contribution in [0.25, 0.3) is 10.9 Å². The van der Waals surface area contributed by atoms with Gasteiger partial charge in [-0.2, -0.15) is 13.2 Å². The van der Waals surface area contributed by atoms with Crippen molar-refractivity contribution in [3.05, 3.63) is 53.9 Å². The number of nitrogens with one attached hydrogen (secondary N) is 2. The first-order valence-electron chi connectivity index (χ1n) is 7.86. The van der Waals surface area contributed by atoms with E-state index < -0.39 is 11.7 Å². The molecule has 0 aliphatic carbocycles. The van der Waals surface area contributed by atoms with E-state index in [0.717, 1.165) is 28.7 Å². The maximum Gasteiger partial charge on any atom is 0.417 e. The molecule has 0 aliphatic heterocycles. The summed E-state index contributed by atoms with van der Waals surface area (Å²) in [6.07, 6.45) is -1.40. The molecular weight excluding hydrogens is 347 g/mol. The fourth-order valence-electron chi connectivity index (χ4n) is 2.52. The Balaban J connectivity index is 1.63. The van der Waals surface area contributed by atoms with E-state index in [9.17, 15) is 18.0 Å². The summed E-state index contributed by atoms with van der Waals surface area (Å²) in [7, 11) is 0. The molecule has 0 saturated carbocycles. The molecule has 0 fully saturated rings. The number of aromatic nitrogens is 2. The number of hydrogen-bond donors (Lipinski definition) is 2. The second-order valence-corrected chi connectivity index (χ2v) is 5.74. The number of carbonyl (C=O) groups is 1.